The molecular weight excluding hydrogens is 663 g/mol. The molecule has 9 nitrogen and oxygen atoms in total. The maximum Gasteiger partial charge on any atom is 0.471 e. The SMILES string of the molecule is COC[C@@H]1CCCN1C[C@H]1O[C@@H](c2cccc(-c3cccc(CNC(=O)[C@@H]4CCCN4C(=O)C(F)(F)F)c3)c2)O[C@@H](c2ccc(CO)cc2)[C@H]1C. The number of methoxy groups -OCH3 is 1. The second-order valence-electron chi connectivity index (χ2n) is 13.8. The summed E-state index contributed by atoms with van der Waals surface area (Å²) in [5.41, 5.74) is 5.25. The summed E-state index contributed by atoms with van der Waals surface area (Å²) in [5.74, 6) is -2.54. The number of hydrogen-bond acceptors (Lipinski definition) is 7. The molecule has 0 saturated carbocycles. The first kappa shape index (κ1) is 37.0. The Morgan fingerprint density at radius 2 is 1.65 bits per heavy atom. The Bertz CT molecular complexity index is 1650. The van der Waals surface area contributed by atoms with Crippen LogP contribution in [0.1, 0.15) is 67.3 Å². The number of alkyl halides is 3. The van der Waals surface area contributed by atoms with Crippen molar-refractivity contribution in [2.45, 2.75) is 82.5 Å². The number of ether oxygens (including phenoxy) is 3. The number of aliphatic hydroxyl groups excluding tert-OH is 1. The molecule has 0 aliphatic carbocycles. The number of halogens is 3. The zero-order valence-electron chi connectivity index (χ0n) is 29.0. The highest BCUT2D eigenvalue weighted by atomic mass is 19.4. The molecule has 0 aromatic heterocycles. The van der Waals surface area contributed by atoms with Crippen LogP contribution in [0.4, 0.5) is 13.2 Å². The Kier molecular flexibility index (Phi) is 11.8. The molecule has 3 aliphatic heterocycles. The molecule has 3 aromatic carbocycles. The van der Waals surface area contributed by atoms with Crippen LogP contribution in [0.25, 0.3) is 11.1 Å². The lowest BCUT2D eigenvalue weighted by molar-refractivity contribution is -0.276. The highest BCUT2D eigenvalue weighted by Crippen LogP contribution is 2.43. The number of carbonyl (C=O) groups excluding carboxylic acids is 2. The fraction of sp³-hybridized carbons (Fsp3) is 0.487. The van der Waals surface area contributed by atoms with Crippen molar-refractivity contribution in [1.82, 2.24) is 15.1 Å². The van der Waals surface area contributed by atoms with Crippen LogP contribution >= 0.6 is 0 Å². The standard InChI is InChI=1S/C39H46F3N3O6/c1-25-34(22-44-17-5-11-32(44)24-49-2)50-37(51-35(25)28-15-13-26(23-46)14-16-28)31-10-4-9-30(20-31)29-8-3-7-27(19-29)21-43-36(47)33-12-6-18-45(33)38(48)39(40,41)42/h3-4,7-10,13-16,19-20,25,32-35,37,46H,5-6,11-12,17-18,21-24H2,1-2H3,(H,43,47)/t25-,32-,33-,34+,35+,37+/m0/s1. The Hall–Kier alpha value is -3.81. The highest BCUT2D eigenvalue weighted by molar-refractivity contribution is 5.90. The van der Waals surface area contributed by atoms with Gasteiger partial charge in [-0.2, -0.15) is 13.2 Å². The van der Waals surface area contributed by atoms with E-state index >= 15 is 0 Å². The molecule has 0 radical (unpaired) electrons. The van der Waals surface area contributed by atoms with Crippen LogP contribution in [0.2, 0.25) is 0 Å². The third-order valence-corrected chi connectivity index (χ3v) is 10.3. The summed E-state index contributed by atoms with van der Waals surface area (Å²) < 4.78 is 58.2. The van der Waals surface area contributed by atoms with Crippen molar-refractivity contribution in [3.8, 4) is 11.1 Å². The van der Waals surface area contributed by atoms with Crippen LogP contribution in [-0.4, -0.2) is 84.4 Å². The van der Waals surface area contributed by atoms with Crippen LogP contribution < -0.4 is 5.32 Å². The fourth-order valence-corrected chi connectivity index (χ4v) is 7.55. The summed E-state index contributed by atoms with van der Waals surface area (Å²) in [4.78, 5) is 27.8. The first-order valence-corrected chi connectivity index (χ1v) is 17.6. The second-order valence-corrected chi connectivity index (χ2v) is 13.8. The van der Waals surface area contributed by atoms with Crippen molar-refractivity contribution in [2.75, 3.05) is 33.4 Å². The van der Waals surface area contributed by atoms with E-state index in [1.54, 1.807) is 7.11 Å². The largest absolute Gasteiger partial charge is 0.471 e. The molecule has 6 atom stereocenters. The predicted molar refractivity (Wildman–Crippen MR) is 184 cm³/mol. The van der Waals surface area contributed by atoms with Gasteiger partial charge in [0.05, 0.1) is 25.4 Å². The molecule has 0 unspecified atom stereocenters. The molecule has 3 heterocycles. The van der Waals surface area contributed by atoms with Crippen LogP contribution in [0.5, 0.6) is 0 Å². The molecule has 3 aromatic rings. The minimum Gasteiger partial charge on any atom is -0.392 e. The Morgan fingerprint density at radius 3 is 2.37 bits per heavy atom. The number of aliphatic hydroxyl groups is 1. The zero-order chi connectivity index (χ0) is 36.1. The van der Waals surface area contributed by atoms with Crippen LogP contribution in [0.3, 0.4) is 0 Å². The van der Waals surface area contributed by atoms with Crippen molar-refractivity contribution < 1.29 is 42.1 Å². The van der Waals surface area contributed by atoms with Crippen LogP contribution in [-0.2, 0) is 37.0 Å². The van der Waals surface area contributed by atoms with Gasteiger partial charge in [0.25, 0.3) is 0 Å². The lowest BCUT2D eigenvalue weighted by Crippen LogP contribution is -2.50. The van der Waals surface area contributed by atoms with E-state index in [0.717, 1.165) is 59.3 Å². The minimum atomic E-state index is -5.02. The van der Waals surface area contributed by atoms with Gasteiger partial charge in [0.15, 0.2) is 6.29 Å². The minimum absolute atomic E-state index is 0.0337. The van der Waals surface area contributed by atoms with Gasteiger partial charge in [-0.1, -0.05) is 67.6 Å². The van der Waals surface area contributed by atoms with E-state index in [1.807, 2.05) is 72.8 Å². The summed E-state index contributed by atoms with van der Waals surface area (Å²) in [6.07, 6.45) is -3.31. The van der Waals surface area contributed by atoms with Gasteiger partial charge in [-0.05, 0) is 72.2 Å². The van der Waals surface area contributed by atoms with Crippen molar-refractivity contribution in [1.29, 1.82) is 0 Å². The van der Waals surface area contributed by atoms with Crippen LogP contribution in [0, 0.1) is 5.92 Å². The van der Waals surface area contributed by atoms with E-state index in [0.29, 0.717) is 24.0 Å². The van der Waals surface area contributed by atoms with E-state index in [9.17, 15) is 27.9 Å². The number of benzene rings is 3. The third kappa shape index (κ3) is 8.64. The molecule has 12 heteroatoms. The van der Waals surface area contributed by atoms with Crippen molar-refractivity contribution in [2.24, 2.45) is 5.92 Å². The van der Waals surface area contributed by atoms with Gasteiger partial charge in [0.1, 0.15) is 6.04 Å². The van der Waals surface area contributed by atoms with Gasteiger partial charge < -0.3 is 29.5 Å². The number of hydrogen-bond donors (Lipinski definition) is 2. The van der Waals surface area contributed by atoms with Gasteiger partial charge in [0, 0.05) is 44.3 Å². The second kappa shape index (κ2) is 16.2. The maximum absolute atomic E-state index is 13.1. The Labute approximate surface area is 296 Å². The van der Waals surface area contributed by atoms with Crippen molar-refractivity contribution >= 4 is 11.8 Å². The number of amides is 2. The molecule has 3 fully saturated rings. The zero-order valence-corrected chi connectivity index (χ0v) is 29.0. The summed E-state index contributed by atoms with van der Waals surface area (Å²) in [6.45, 7) is 4.53. The predicted octanol–water partition coefficient (Wildman–Crippen LogP) is 5.92. The van der Waals surface area contributed by atoms with Crippen molar-refractivity contribution in [3.63, 3.8) is 0 Å². The molecule has 0 bridgehead atoms. The summed E-state index contributed by atoms with van der Waals surface area (Å²) in [7, 11) is 1.74. The van der Waals surface area contributed by atoms with Gasteiger partial charge in [0.2, 0.25) is 5.91 Å². The number of rotatable bonds is 11. The number of likely N-dealkylation sites (tertiary alicyclic amines) is 2. The molecule has 6 rings (SSSR count). The maximum atomic E-state index is 13.1. The molecule has 2 N–H and O–H groups in total. The highest BCUT2D eigenvalue weighted by Gasteiger charge is 2.47. The average molecular weight is 710 g/mol. The molecule has 51 heavy (non-hydrogen) atoms. The number of nitrogens with zero attached hydrogens (tertiary/aromatic N) is 2. The first-order chi connectivity index (χ1) is 24.5. The smallest absolute Gasteiger partial charge is 0.392 e. The Balaban J connectivity index is 1.19. The summed E-state index contributed by atoms with van der Waals surface area (Å²) in [6, 6.07) is 22.6. The third-order valence-electron chi connectivity index (χ3n) is 10.3. The monoisotopic (exact) mass is 709 g/mol. The van der Waals surface area contributed by atoms with Crippen molar-refractivity contribution in [3.05, 3.63) is 95.1 Å². The van der Waals surface area contributed by atoms with Gasteiger partial charge >= 0.3 is 12.1 Å². The lowest BCUT2D eigenvalue weighted by atomic mass is 9.89. The van der Waals surface area contributed by atoms with E-state index in [1.165, 1.54) is 0 Å². The van der Waals surface area contributed by atoms with Gasteiger partial charge in [-0.25, -0.2) is 0 Å². The van der Waals surface area contributed by atoms with Gasteiger partial charge in [-0.15, -0.1) is 0 Å². The normalized spacial score (nSPS) is 25.6. The molecule has 3 saturated heterocycles. The number of carbonyl (C=O) groups is 2. The molecule has 3 aliphatic rings. The molecule has 274 valence electrons. The van der Waals surface area contributed by atoms with Crippen LogP contribution in [0.15, 0.2) is 72.8 Å². The van der Waals surface area contributed by atoms with E-state index < -0.39 is 30.3 Å². The summed E-state index contributed by atoms with van der Waals surface area (Å²) in [5, 5.41) is 12.3. The Morgan fingerprint density at radius 1 is 0.922 bits per heavy atom. The van der Waals surface area contributed by atoms with Gasteiger partial charge in [-0.3, -0.25) is 14.5 Å². The van der Waals surface area contributed by atoms with E-state index in [2.05, 4.69) is 17.1 Å². The first-order valence-electron chi connectivity index (χ1n) is 17.6. The topological polar surface area (TPSA) is 101 Å². The summed E-state index contributed by atoms with van der Waals surface area (Å²) >= 11 is 0. The molecular formula is C39H46F3N3O6. The average Bonchev–Trinajstić information content (AvgIpc) is 3.81. The lowest BCUT2D eigenvalue weighted by Gasteiger charge is -2.43. The molecule has 0 spiro atoms. The number of nitrogens with one attached hydrogen (secondary N) is 1. The van der Waals surface area contributed by atoms with E-state index in [4.69, 9.17) is 14.2 Å². The molecule has 2 amide bonds. The quantitative estimate of drug-likeness (QED) is 0.255. The fourth-order valence-electron chi connectivity index (χ4n) is 7.55. The van der Waals surface area contributed by atoms with E-state index in [-0.39, 0.29) is 44.2 Å².